The van der Waals surface area contributed by atoms with Crippen molar-refractivity contribution in [1.29, 1.82) is 0 Å². The molecule has 2 N–H and O–H groups in total. The Morgan fingerprint density at radius 1 is 1.00 bits per heavy atom. The quantitative estimate of drug-likeness (QED) is 0.306. The zero-order valence-corrected chi connectivity index (χ0v) is 25.1. The molecule has 2 amide bonds. The molecule has 2 aromatic rings. The van der Waals surface area contributed by atoms with Crippen molar-refractivity contribution in [3.63, 3.8) is 0 Å². The lowest BCUT2D eigenvalue weighted by molar-refractivity contribution is 0.0521. The lowest BCUT2D eigenvalue weighted by atomic mass is 10.0. The first-order valence-electron chi connectivity index (χ1n) is 14.2. The molecule has 10 nitrogen and oxygen atoms in total. The van der Waals surface area contributed by atoms with E-state index < -0.39 is 6.09 Å². The molecular weight excluding hydrogens is 526 g/mol. The van der Waals surface area contributed by atoms with Gasteiger partial charge in [-0.2, -0.15) is 0 Å². The zero-order valence-electron chi connectivity index (χ0n) is 25.1. The van der Waals surface area contributed by atoms with E-state index in [1.54, 1.807) is 32.4 Å². The van der Waals surface area contributed by atoms with Crippen LogP contribution >= 0.6 is 0 Å². The van der Waals surface area contributed by atoms with Crippen LogP contribution in [-0.4, -0.2) is 82.2 Å². The fraction of sp³-hybridized carbons (Fsp3) is 0.548. The highest BCUT2D eigenvalue weighted by molar-refractivity contribution is 5.95. The maximum absolute atomic E-state index is 13.7. The van der Waals surface area contributed by atoms with E-state index in [0.29, 0.717) is 49.9 Å². The van der Waals surface area contributed by atoms with Crippen LogP contribution in [0.5, 0.6) is 17.2 Å². The molecule has 2 atom stereocenters. The molecular formula is C31H45N3O7. The van der Waals surface area contributed by atoms with E-state index in [0.717, 1.165) is 17.7 Å². The third-order valence-electron chi connectivity index (χ3n) is 6.77. The number of benzene rings is 2. The van der Waals surface area contributed by atoms with E-state index in [1.165, 1.54) is 0 Å². The highest BCUT2D eigenvalue weighted by Crippen LogP contribution is 2.29. The highest BCUT2D eigenvalue weighted by Gasteiger charge is 2.34. The van der Waals surface area contributed by atoms with Gasteiger partial charge in [0.05, 0.1) is 19.8 Å². The van der Waals surface area contributed by atoms with Crippen LogP contribution in [0.2, 0.25) is 0 Å². The molecule has 0 aliphatic carbocycles. The molecule has 1 saturated heterocycles. The molecule has 0 saturated carbocycles. The van der Waals surface area contributed by atoms with Gasteiger partial charge in [0, 0.05) is 69.4 Å². The molecule has 0 spiro atoms. The van der Waals surface area contributed by atoms with Crippen molar-refractivity contribution in [3.8, 4) is 17.2 Å². The Bertz CT molecular complexity index is 1120. The summed E-state index contributed by atoms with van der Waals surface area (Å²) in [6.07, 6.45) is -0.131. The number of carbonyl (C=O) groups is 2. The Balaban J connectivity index is 1.63. The molecule has 1 aliphatic heterocycles. The van der Waals surface area contributed by atoms with E-state index in [-0.39, 0.29) is 36.6 Å². The number of methoxy groups -OCH3 is 2. The summed E-state index contributed by atoms with van der Waals surface area (Å²) in [7, 11) is 3.21. The molecule has 1 fully saturated rings. The van der Waals surface area contributed by atoms with Crippen molar-refractivity contribution in [3.05, 3.63) is 53.6 Å². The highest BCUT2D eigenvalue weighted by atomic mass is 16.6. The number of hydrogen-bond donors (Lipinski definition) is 2. The molecule has 2 aromatic carbocycles. The standard InChI is InChI=1S/C31H45N3O7/c1-21(2)34(30(35)23-12-13-27(38-6)28(16-23)39-15-9-14-37-5)20-25-17-32-19-29(25)41-31(36)33-18-24-10-7-8-11-26(24)40-22(3)4/h7-8,10-13,16,21-22,25,29,32H,9,14-15,17-20H2,1-6H3,(H,33,36)/t25-,29-/m1/s1. The number of amides is 2. The van der Waals surface area contributed by atoms with Gasteiger partial charge in [-0.25, -0.2) is 4.79 Å². The smallest absolute Gasteiger partial charge is 0.407 e. The fourth-order valence-electron chi connectivity index (χ4n) is 4.65. The summed E-state index contributed by atoms with van der Waals surface area (Å²) >= 11 is 0. The molecule has 1 heterocycles. The van der Waals surface area contributed by atoms with Crippen molar-refractivity contribution in [2.45, 2.75) is 58.9 Å². The van der Waals surface area contributed by atoms with Gasteiger partial charge in [-0.15, -0.1) is 0 Å². The van der Waals surface area contributed by atoms with Crippen LogP contribution in [0.3, 0.4) is 0 Å². The molecule has 10 heteroatoms. The zero-order chi connectivity index (χ0) is 29.8. The predicted molar refractivity (Wildman–Crippen MR) is 157 cm³/mol. The molecule has 3 rings (SSSR count). The van der Waals surface area contributed by atoms with Crippen LogP contribution in [-0.2, 0) is 16.0 Å². The third kappa shape index (κ3) is 9.54. The number of alkyl carbamates (subject to hydrolysis) is 1. The van der Waals surface area contributed by atoms with Gasteiger partial charge in [-0.1, -0.05) is 18.2 Å². The van der Waals surface area contributed by atoms with Crippen molar-refractivity contribution < 1.29 is 33.3 Å². The Kier molecular flexibility index (Phi) is 12.6. The van der Waals surface area contributed by atoms with E-state index in [9.17, 15) is 9.59 Å². The predicted octanol–water partition coefficient (Wildman–Crippen LogP) is 4.26. The van der Waals surface area contributed by atoms with E-state index >= 15 is 0 Å². The number of para-hydroxylation sites is 1. The average Bonchev–Trinajstić information content (AvgIpc) is 3.38. The number of carbonyl (C=O) groups excluding carboxylic acids is 2. The molecule has 226 valence electrons. The largest absolute Gasteiger partial charge is 0.493 e. The summed E-state index contributed by atoms with van der Waals surface area (Å²) < 4.78 is 28.0. The number of hydrogen-bond acceptors (Lipinski definition) is 8. The Hall–Kier alpha value is -3.50. The minimum Gasteiger partial charge on any atom is -0.493 e. The number of ether oxygens (including phenoxy) is 5. The van der Waals surface area contributed by atoms with Gasteiger partial charge < -0.3 is 39.2 Å². The van der Waals surface area contributed by atoms with Crippen molar-refractivity contribution >= 4 is 12.0 Å². The van der Waals surface area contributed by atoms with E-state index in [2.05, 4.69) is 10.6 Å². The van der Waals surface area contributed by atoms with Crippen molar-refractivity contribution in [2.75, 3.05) is 47.1 Å². The summed E-state index contributed by atoms with van der Waals surface area (Å²) in [6, 6.07) is 12.8. The topological polar surface area (TPSA) is 108 Å². The fourth-order valence-corrected chi connectivity index (χ4v) is 4.65. The Labute approximate surface area is 243 Å². The van der Waals surface area contributed by atoms with Gasteiger partial charge in [0.2, 0.25) is 0 Å². The second kappa shape index (κ2) is 16.1. The molecule has 41 heavy (non-hydrogen) atoms. The van der Waals surface area contributed by atoms with Crippen LogP contribution < -0.4 is 24.8 Å². The van der Waals surface area contributed by atoms with Crippen LogP contribution in [0.15, 0.2) is 42.5 Å². The third-order valence-corrected chi connectivity index (χ3v) is 6.77. The average molecular weight is 572 g/mol. The van der Waals surface area contributed by atoms with Gasteiger partial charge in [-0.3, -0.25) is 4.79 Å². The second-order valence-electron chi connectivity index (χ2n) is 10.6. The first-order valence-corrected chi connectivity index (χ1v) is 14.2. The summed E-state index contributed by atoms with van der Waals surface area (Å²) in [6.45, 7) is 10.8. The van der Waals surface area contributed by atoms with Crippen LogP contribution in [0.25, 0.3) is 0 Å². The van der Waals surface area contributed by atoms with Gasteiger partial charge in [0.1, 0.15) is 11.9 Å². The summed E-state index contributed by atoms with van der Waals surface area (Å²) in [5, 5.41) is 6.15. The number of nitrogens with zero attached hydrogens (tertiary/aromatic N) is 1. The van der Waals surface area contributed by atoms with E-state index in [1.807, 2.05) is 56.9 Å². The lowest BCUT2D eigenvalue weighted by Gasteiger charge is -2.31. The molecule has 0 unspecified atom stereocenters. The molecule has 1 aliphatic rings. The van der Waals surface area contributed by atoms with Gasteiger partial charge in [0.15, 0.2) is 11.5 Å². The van der Waals surface area contributed by atoms with Gasteiger partial charge in [-0.05, 0) is 52.0 Å². The summed E-state index contributed by atoms with van der Waals surface area (Å²) in [5.74, 6) is 1.62. The van der Waals surface area contributed by atoms with E-state index in [4.69, 9.17) is 23.7 Å². The van der Waals surface area contributed by atoms with Crippen LogP contribution in [0, 0.1) is 5.92 Å². The maximum atomic E-state index is 13.7. The second-order valence-corrected chi connectivity index (χ2v) is 10.6. The summed E-state index contributed by atoms with van der Waals surface area (Å²) in [5.41, 5.74) is 1.38. The molecule has 0 aromatic heterocycles. The Morgan fingerprint density at radius 2 is 1.78 bits per heavy atom. The maximum Gasteiger partial charge on any atom is 0.407 e. The van der Waals surface area contributed by atoms with Gasteiger partial charge in [0.25, 0.3) is 5.91 Å². The number of rotatable bonds is 15. The number of nitrogens with one attached hydrogen (secondary N) is 2. The summed E-state index contributed by atoms with van der Waals surface area (Å²) in [4.78, 5) is 28.2. The molecule has 0 radical (unpaired) electrons. The minimum absolute atomic E-state index is 0.0259. The van der Waals surface area contributed by atoms with Crippen molar-refractivity contribution in [1.82, 2.24) is 15.5 Å². The Morgan fingerprint density at radius 3 is 2.49 bits per heavy atom. The normalized spacial score (nSPS) is 16.5. The minimum atomic E-state index is -0.504. The van der Waals surface area contributed by atoms with Crippen LogP contribution in [0.4, 0.5) is 4.79 Å². The van der Waals surface area contributed by atoms with Gasteiger partial charge >= 0.3 is 6.09 Å². The SMILES string of the molecule is COCCCOc1cc(C(=O)N(C[C@H]2CNC[C@H]2OC(=O)NCc2ccccc2OC(C)C)C(C)C)ccc1OC. The molecule has 0 bridgehead atoms. The first-order chi connectivity index (χ1) is 19.7. The first kappa shape index (κ1) is 32.0. The van der Waals surface area contributed by atoms with Crippen LogP contribution in [0.1, 0.15) is 50.0 Å². The monoisotopic (exact) mass is 571 g/mol. The lowest BCUT2D eigenvalue weighted by Crippen LogP contribution is -2.44. The van der Waals surface area contributed by atoms with Crippen molar-refractivity contribution in [2.24, 2.45) is 5.92 Å².